The lowest BCUT2D eigenvalue weighted by atomic mass is 10.2. The van der Waals surface area contributed by atoms with Crippen molar-refractivity contribution in [3.05, 3.63) is 85.0 Å². The van der Waals surface area contributed by atoms with Gasteiger partial charge in [-0.3, -0.25) is 0 Å². The van der Waals surface area contributed by atoms with Gasteiger partial charge in [-0.15, -0.1) is 0 Å². The molecular formula is C27H36O2Si. The van der Waals surface area contributed by atoms with Crippen LogP contribution in [0.5, 0.6) is 0 Å². The minimum absolute atomic E-state index is 0.00112. The van der Waals surface area contributed by atoms with Gasteiger partial charge in [-0.25, -0.2) is 0 Å². The predicted octanol–water partition coefficient (Wildman–Crippen LogP) is 5.82. The van der Waals surface area contributed by atoms with Crippen molar-refractivity contribution in [3.63, 3.8) is 0 Å². The summed E-state index contributed by atoms with van der Waals surface area (Å²) in [6.45, 7) is 9.15. The van der Waals surface area contributed by atoms with Gasteiger partial charge in [0.1, 0.15) is 6.29 Å². The lowest BCUT2D eigenvalue weighted by Gasteiger charge is -2.44. The Balaban J connectivity index is 2.21. The van der Waals surface area contributed by atoms with E-state index in [1.165, 1.54) is 10.4 Å². The smallest absolute Gasteiger partial charge is 0.261 e. The van der Waals surface area contributed by atoms with Crippen molar-refractivity contribution >= 4 is 25.0 Å². The Morgan fingerprint density at radius 1 is 0.833 bits per heavy atom. The summed E-state index contributed by atoms with van der Waals surface area (Å²) < 4.78 is 7.08. The average Bonchev–Trinajstić information content (AvgIpc) is 2.74. The van der Waals surface area contributed by atoms with Crippen molar-refractivity contribution in [1.29, 1.82) is 0 Å². The SMILES string of the molecule is C[C@@H](CC/C=C\C=C\CCC=O)O[Si](c1ccccc1)(c1ccccc1)C(C)(C)C. The molecule has 2 rings (SSSR count). The number of carbonyl (C=O) groups excluding carboxylic acids is 1. The molecule has 30 heavy (non-hydrogen) atoms. The van der Waals surface area contributed by atoms with Crippen LogP contribution in [0.4, 0.5) is 0 Å². The van der Waals surface area contributed by atoms with E-state index in [0.717, 1.165) is 25.5 Å². The molecule has 0 aliphatic heterocycles. The summed E-state index contributed by atoms with van der Waals surface area (Å²) in [7, 11) is -2.47. The first kappa shape index (κ1) is 24.0. The topological polar surface area (TPSA) is 26.3 Å². The number of allylic oxidation sites excluding steroid dienone is 4. The first-order chi connectivity index (χ1) is 14.4. The van der Waals surface area contributed by atoms with E-state index >= 15 is 0 Å². The Hall–Kier alpha value is -2.23. The fraction of sp³-hybridized carbons (Fsp3) is 0.370. The standard InChI is InChI=1S/C27H36O2Si/c1-24(18-12-8-6-5-7-9-17-23-28)29-30(27(2,3)4,25-19-13-10-14-20-25)26-21-15-11-16-22-26/h5-8,10-11,13-16,19-24H,9,12,17-18H2,1-4H3/b7-5+,8-6-/t24-/m0/s1. The third-order valence-corrected chi connectivity index (χ3v) is 10.5. The van der Waals surface area contributed by atoms with Crippen LogP contribution in [0, 0.1) is 0 Å². The molecule has 0 heterocycles. The molecule has 160 valence electrons. The summed E-state index contributed by atoms with van der Waals surface area (Å²) in [6, 6.07) is 21.6. The molecule has 0 aromatic heterocycles. The van der Waals surface area contributed by atoms with Crippen molar-refractivity contribution in [2.75, 3.05) is 0 Å². The van der Waals surface area contributed by atoms with E-state index in [1.807, 2.05) is 12.2 Å². The Morgan fingerprint density at radius 2 is 1.33 bits per heavy atom. The third-order valence-electron chi connectivity index (χ3n) is 5.37. The van der Waals surface area contributed by atoms with Gasteiger partial charge in [0.25, 0.3) is 8.32 Å². The van der Waals surface area contributed by atoms with Crippen molar-refractivity contribution in [2.24, 2.45) is 0 Å². The van der Waals surface area contributed by atoms with Gasteiger partial charge < -0.3 is 9.22 Å². The van der Waals surface area contributed by atoms with E-state index in [9.17, 15) is 4.79 Å². The molecule has 0 aliphatic carbocycles. The monoisotopic (exact) mass is 420 g/mol. The third kappa shape index (κ3) is 6.38. The molecule has 1 atom stereocenters. The van der Waals surface area contributed by atoms with Gasteiger partial charge in [-0.1, -0.05) is 106 Å². The van der Waals surface area contributed by atoms with E-state index in [-0.39, 0.29) is 11.1 Å². The molecule has 2 aromatic rings. The Kier molecular flexibility index (Phi) is 9.48. The van der Waals surface area contributed by atoms with E-state index in [0.29, 0.717) is 6.42 Å². The summed E-state index contributed by atoms with van der Waals surface area (Å²) in [5, 5.41) is 2.65. The summed E-state index contributed by atoms with van der Waals surface area (Å²) in [5.74, 6) is 0. The van der Waals surface area contributed by atoms with Crippen LogP contribution in [0.2, 0.25) is 5.04 Å². The number of benzene rings is 2. The average molecular weight is 421 g/mol. The molecule has 0 radical (unpaired) electrons. The normalized spacial score (nSPS) is 13.7. The Bertz CT molecular complexity index is 764. The quantitative estimate of drug-likeness (QED) is 0.198. The number of aldehydes is 1. The van der Waals surface area contributed by atoms with E-state index < -0.39 is 8.32 Å². The number of rotatable bonds is 11. The lowest BCUT2D eigenvalue weighted by molar-refractivity contribution is -0.107. The van der Waals surface area contributed by atoms with Crippen molar-refractivity contribution in [1.82, 2.24) is 0 Å². The largest absolute Gasteiger partial charge is 0.405 e. The highest BCUT2D eigenvalue weighted by Crippen LogP contribution is 2.37. The second kappa shape index (κ2) is 11.8. The van der Waals surface area contributed by atoms with Gasteiger partial charge in [0.2, 0.25) is 0 Å². The molecule has 0 saturated heterocycles. The predicted molar refractivity (Wildman–Crippen MR) is 131 cm³/mol. The van der Waals surface area contributed by atoms with Gasteiger partial charge in [0.15, 0.2) is 0 Å². The van der Waals surface area contributed by atoms with Crippen LogP contribution in [0.3, 0.4) is 0 Å². The van der Waals surface area contributed by atoms with Crippen molar-refractivity contribution in [2.45, 2.75) is 64.5 Å². The fourth-order valence-electron chi connectivity index (χ4n) is 3.90. The van der Waals surface area contributed by atoms with Crippen LogP contribution in [-0.4, -0.2) is 20.7 Å². The zero-order chi connectivity index (χ0) is 21.9. The van der Waals surface area contributed by atoms with E-state index in [2.05, 4.69) is 101 Å². The van der Waals surface area contributed by atoms with Gasteiger partial charge in [-0.2, -0.15) is 0 Å². The first-order valence-corrected chi connectivity index (χ1v) is 12.9. The Labute approximate surface area is 183 Å². The minimum Gasteiger partial charge on any atom is -0.405 e. The highest BCUT2D eigenvalue weighted by Gasteiger charge is 2.50. The molecule has 0 N–H and O–H groups in total. The second-order valence-electron chi connectivity index (χ2n) is 8.77. The van der Waals surface area contributed by atoms with Gasteiger partial charge >= 0.3 is 0 Å². The Morgan fingerprint density at radius 3 is 1.80 bits per heavy atom. The van der Waals surface area contributed by atoms with Crippen LogP contribution in [0.15, 0.2) is 85.0 Å². The zero-order valence-corrected chi connectivity index (χ0v) is 19.9. The highest BCUT2D eigenvalue weighted by atomic mass is 28.4. The summed E-state index contributed by atoms with van der Waals surface area (Å²) in [4.78, 5) is 10.3. The molecule has 2 aromatic carbocycles. The second-order valence-corrected chi connectivity index (χ2v) is 13.0. The minimum atomic E-state index is -2.47. The molecule has 0 amide bonds. The lowest BCUT2D eigenvalue weighted by Crippen LogP contribution is -2.67. The molecule has 0 spiro atoms. The first-order valence-electron chi connectivity index (χ1n) is 11.0. The zero-order valence-electron chi connectivity index (χ0n) is 18.9. The van der Waals surface area contributed by atoms with Crippen molar-refractivity contribution < 1.29 is 9.22 Å². The molecule has 3 heteroatoms. The molecular weight excluding hydrogens is 384 g/mol. The molecule has 0 saturated carbocycles. The number of carbonyl (C=O) groups is 1. The van der Waals surface area contributed by atoms with E-state index in [1.54, 1.807) is 0 Å². The van der Waals surface area contributed by atoms with Crippen LogP contribution in [0.1, 0.15) is 53.4 Å². The van der Waals surface area contributed by atoms with E-state index in [4.69, 9.17) is 4.43 Å². The number of unbranched alkanes of at least 4 members (excludes halogenated alkanes) is 1. The maximum atomic E-state index is 10.3. The number of hydrogen-bond acceptors (Lipinski definition) is 2. The fourth-order valence-corrected chi connectivity index (χ4v) is 8.63. The van der Waals surface area contributed by atoms with Crippen LogP contribution < -0.4 is 10.4 Å². The van der Waals surface area contributed by atoms with Gasteiger partial charge in [0, 0.05) is 12.5 Å². The van der Waals surface area contributed by atoms with Gasteiger partial charge in [-0.05, 0) is 41.6 Å². The summed E-state index contributed by atoms with van der Waals surface area (Å²) >= 11 is 0. The van der Waals surface area contributed by atoms with Crippen LogP contribution in [-0.2, 0) is 9.22 Å². The maximum absolute atomic E-state index is 10.3. The summed E-state index contributed by atoms with van der Waals surface area (Å²) in [5.41, 5.74) is 0. The van der Waals surface area contributed by atoms with Crippen molar-refractivity contribution in [3.8, 4) is 0 Å². The summed E-state index contributed by atoms with van der Waals surface area (Å²) in [6.07, 6.45) is 12.8. The highest BCUT2D eigenvalue weighted by molar-refractivity contribution is 6.99. The number of hydrogen-bond donors (Lipinski definition) is 0. The molecule has 2 nitrogen and oxygen atoms in total. The van der Waals surface area contributed by atoms with Crippen LogP contribution in [0.25, 0.3) is 0 Å². The molecule has 0 bridgehead atoms. The molecule has 0 aliphatic rings. The van der Waals surface area contributed by atoms with Gasteiger partial charge in [0.05, 0.1) is 0 Å². The van der Waals surface area contributed by atoms with Crippen LogP contribution >= 0.6 is 0 Å². The molecule has 0 unspecified atom stereocenters. The molecule has 0 fully saturated rings. The maximum Gasteiger partial charge on any atom is 0.261 e.